The first-order valence-electron chi connectivity index (χ1n) is 9.37. The van der Waals surface area contributed by atoms with Crippen LogP contribution in [0.15, 0.2) is 36.4 Å². The molecule has 0 bridgehead atoms. The van der Waals surface area contributed by atoms with Gasteiger partial charge in [0, 0.05) is 13.1 Å². The summed E-state index contributed by atoms with van der Waals surface area (Å²) in [6.45, 7) is 3.95. The number of piperidine rings is 1. The molecule has 0 unspecified atom stereocenters. The van der Waals surface area contributed by atoms with Crippen LogP contribution in [-0.2, 0) is 11.3 Å². The van der Waals surface area contributed by atoms with E-state index in [1.165, 1.54) is 18.5 Å². The van der Waals surface area contributed by atoms with Crippen molar-refractivity contribution < 1.29 is 9.53 Å². The highest BCUT2D eigenvalue weighted by atomic mass is 35.5. The highest BCUT2D eigenvalue weighted by Gasteiger charge is 2.37. The van der Waals surface area contributed by atoms with E-state index < -0.39 is 0 Å². The number of ether oxygens (including phenoxy) is 1. The van der Waals surface area contributed by atoms with Crippen LogP contribution in [0.25, 0.3) is 0 Å². The SMILES string of the molecule is CCOC(=O)c1ccc2c(c1)N(Cc1ccc(Cl)c(Cl)c1)[C@@H]1CCCCN21. The van der Waals surface area contributed by atoms with Gasteiger partial charge < -0.3 is 14.5 Å². The van der Waals surface area contributed by atoms with Crippen molar-refractivity contribution in [2.24, 2.45) is 0 Å². The van der Waals surface area contributed by atoms with Crippen LogP contribution < -0.4 is 9.80 Å². The number of hydrogen-bond acceptors (Lipinski definition) is 4. The van der Waals surface area contributed by atoms with E-state index in [-0.39, 0.29) is 5.97 Å². The first-order chi connectivity index (χ1) is 13.1. The lowest BCUT2D eigenvalue weighted by Gasteiger charge is -2.36. The van der Waals surface area contributed by atoms with Crippen molar-refractivity contribution in [3.8, 4) is 0 Å². The first kappa shape index (κ1) is 18.5. The average molecular weight is 405 g/mol. The van der Waals surface area contributed by atoms with Gasteiger partial charge in [-0.25, -0.2) is 4.79 Å². The molecule has 6 heteroatoms. The fraction of sp³-hybridized carbons (Fsp3) is 0.381. The molecule has 0 aromatic heterocycles. The van der Waals surface area contributed by atoms with E-state index in [2.05, 4.69) is 15.9 Å². The van der Waals surface area contributed by atoms with Crippen LogP contribution in [0, 0.1) is 0 Å². The van der Waals surface area contributed by atoms with Gasteiger partial charge in [0.05, 0.1) is 33.6 Å². The molecular formula is C21H22Cl2N2O2. The normalized spacial score (nSPS) is 18.3. The highest BCUT2D eigenvalue weighted by Crippen LogP contribution is 2.44. The molecular weight excluding hydrogens is 383 g/mol. The molecule has 0 aliphatic carbocycles. The number of nitrogens with zero attached hydrogens (tertiary/aromatic N) is 2. The van der Waals surface area contributed by atoms with Crippen molar-refractivity contribution >= 4 is 40.5 Å². The number of hydrogen-bond donors (Lipinski definition) is 0. The van der Waals surface area contributed by atoms with Gasteiger partial charge in [-0.15, -0.1) is 0 Å². The van der Waals surface area contributed by atoms with Gasteiger partial charge >= 0.3 is 5.97 Å². The fourth-order valence-corrected chi connectivity index (χ4v) is 4.36. The Morgan fingerprint density at radius 1 is 1.11 bits per heavy atom. The molecule has 1 fully saturated rings. The summed E-state index contributed by atoms with van der Waals surface area (Å²) >= 11 is 12.3. The van der Waals surface area contributed by atoms with Gasteiger partial charge in [0.1, 0.15) is 6.17 Å². The second kappa shape index (κ2) is 7.61. The molecule has 2 aromatic rings. The Bertz CT molecular complexity index is 871. The molecule has 2 aliphatic rings. The topological polar surface area (TPSA) is 32.8 Å². The number of carbonyl (C=O) groups is 1. The molecule has 2 aromatic carbocycles. The van der Waals surface area contributed by atoms with Gasteiger partial charge in [0.25, 0.3) is 0 Å². The van der Waals surface area contributed by atoms with E-state index in [1.807, 2.05) is 37.3 Å². The Hall–Kier alpha value is -1.91. The molecule has 4 nitrogen and oxygen atoms in total. The maximum atomic E-state index is 12.2. The van der Waals surface area contributed by atoms with Gasteiger partial charge in [-0.05, 0) is 62.1 Å². The largest absolute Gasteiger partial charge is 0.462 e. The van der Waals surface area contributed by atoms with Crippen molar-refractivity contribution in [3.05, 3.63) is 57.6 Å². The minimum atomic E-state index is -0.278. The monoisotopic (exact) mass is 404 g/mol. The molecule has 0 saturated carbocycles. The molecule has 2 aliphatic heterocycles. The third kappa shape index (κ3) is 3.48. The summed E-state index contributed by atoms with van der Waals surface area (Å²) in [6.07, 6.45) is 3.80. The Morgan fingerprint density at radius 3 is 2.74 bits per heavy atom. The number of esters is 1. The standard InChI is InChI=1S/C21H22Cl2N2O2/c1-2-27-21(26)15-7-9-18-19(12-15)25(20-5-3-4-10-24(18)20)13-14-6-8-16(22)17(23)11-14/h6-9,11-12,20H,2-5,10,13H2,1H3/t20-/m1/s1. The number of anilines is 2. The summed E-state index contributed by atoms with van der Waals surface area (Å²) in [4.78, 5) is 17.0. The van der Waals surface area contributed by atoms with Crippen molar-refractivity contribution in [2.75, 3.05) is 23.0 Å². The van der Waals surface area contributed by atoms with Crippen LogP contribution in [0.3, 0.4) is 0 Å². The molecule has 0 amide bonds. The van der Waals surface area contributed by atoms with Gasteiger partial charge in [-0.2, -0.15) is 0 Å². The van der Waals surface area contributed by atoms with E-state index in [0.717, 1.165) is 30.8 Å². The lowest BCUT2D eigenvalue weighted by molar-refractivity contribution is 0.0526. The molecule has 1 saturated heterocycles. The summed E-state index contributed by atoms with van der Waals surface area (Å²) < 4.78 is 5.19. The molecule has 142 valence electrons. The maximum Gasteiger partial charge on any atom is 0.338 e. The molecule has 0 radical (unpaired) electrons. The van der Waals surface area contributed by atoms with E-state index in [0.29, 0.717) is 28.4 Å². The molecule has 0 spiro atoms. The van der Waals surface area contributed by atoms with Gasteiger partial charge in [0.2, 0.25) is 0 Å². The molecule has 0 N–H and O–H groups in total. The lowest BCUT2D eigenvalue weighted by atomic mass is 10.1. The van der Waals surface area contributed by atoms with E-state index >= 15 is 0 Å². The Balaban J connectivity index is 1.70. The predicted molar refractivity (Wildman–Crippen MR) is 110 cm³/mol. The number of fused-ring (bicyclic) bond motifs is 3. The zero-order chi connectivity index (χ0) is 19.0. The van der Waals surface area contributed by atoms with Gasteiger partial charge in [-0.1, -0.05) is 29.3 Å². The lowest BCUT2D eigenvalue weighted by Crippen LogP contribution is -2.45. The first-order valence-corrected chi connectivity index (χ1v) is 10.1. The van der Waals surface area contributed by atoms with Crippen molar-refractivity contribution in [1.29, 1.82) is 0 Å². The van der Waals surface area contributed by atoms with Crippen molar-refractivity contribution in [3.63, 3.8) is 0 Å². The van der Waals surface area contributed by atoms with E-state index in [9.17, 15) is 4.79 Å². The quantitative estimate of drug-likeness (QED) is 0.629. The van der Waals surface area contributed by atoms with E-state index in [1.54, 1.807) is 0 Å². The third-order valence-electron chi connectivity index (χ3n) is 5.27. The molecule has 1 atom stereocenters. The second-order valence-electron chi connectivity index (χ2n) is 6.97. The zero-order valence-electron chi connectivity index (χ0n) is 15.3. The maximum absolute atomic E-state index is 12.2. The van der Waals surface area contributed by atoms with Crippen LogP contribution in [0.2, 0.25) is 10.0 Å². The van der Waals surface area contributed by atoms with Gasteiger partial charge in [0.15, 0.2) is 0 Å². The zero-order valence-corrected chi connectivity index (χ0v) is 16.8. The minimum absolute atomic E-state index is 0.278. The van der Waals surface area contributed by atoms with Crippen LogP contribution in [0.1, 0.15) is 42.1 Å². The predicted octanol–water partition coefficient (Wildman–Crippen LogP) is 5.51. The number of carbonyl (C=O) groups excluding carboxylic acids is 1. The molecule has 4 rings (SSSR count). The summed E-state index contributed by atoms with van der Waals surface area (Å²) in [5, 5.41) is 1.13. The summed E-state index contributed by atoms with van der Waals surface area (Å²) in [6, 6.07) is 11.6. The van der Waals surface area contributed by atoms with Crippen molar-refractivity contribution in [1.82, 2.24) is 0 Å². The number of rotatable bonds is 4. The summed E-state index contributed by atoms with van der Waals surface area (Å²) in [5.41, 5.74) is 3.96. The highest BCUT2D eigenvalue weighted by molar-refractivity contribution is 6.42. The smallest absolute Gasteiger partial charge is 0.338 e. The van der Waals surface area contributed by atoms with Crippen LogP contribution in [0.5, 0.6) is 0 Å². The summed E-state index contributed by atoms with van der Waals surface area (Å²) in [5.74, 6) is -0.278. The second-order valence-corrected chi connectivity index (χ2v) is 7.78. The van der Waals surface area contributed by atoms with Crippen molar-refractivity contribution in [2.45, 2.75) is 38.9 Å². The van der Waals surface area contributed by atoms with E-state index in [4.69, 9.17) is 27.9 Å². The van der Waals surface area contributed by atoms with Crippen LogP contribution >= 0.6 is 23.2 Å². The fourth-order valence-electron chi connectivity index (χ4n) is 4.04. The van der Waals surface area contributed by atoms with Crippen LogP contribution in [0.4, 0.5) is 11.4 Å². The Morgan fingerprint density at radius 2 is 1.96 bits per heavy atom. The number of benzene rings is 2. The third-order valence-corrected chi connectivity index (χ3v) is 6.01. The van der Waals surface area contributed by atoms with Crippen LogP contribution in [-0.4, -0.2) is 25.3 Å². The minimum Gasteiger partial charge on any atom is -0.462 e. The molecule has 2 heterocycles. The average Bonchev–Trinajstić information content (AvgIpc) is 2.98. The Labute approximate surface area is 169 Å². The Kier molecular flexibility index (Phi) is 5.20. The summed E-state index contributed by atoms with van der Waals surface area (Å²) in [7, 11) is 0. The van der Waals surface area contributed by atoms with Gasteiger partial charge in [-0.3, -0.25) is 0 Å². The molecule has 27 heavy (non-hydrogen) atoms. The number of halogens is 2.